The lowest BCUT2D eigenvalue weighted by molar-refractivity contribution is 0.0500. The van der Waals surface area contributed by atoms with Crippen molar-refractivity contribution in [2.75, 3.05) is 7.11 Å². The number of rotatable bonds is 6. The quantitative estimate of drug-likeness (QED) is 0.842. The molecule has 4 nitrogen and oxygen atoms in total. The Balaban J connectivity index is 2.76. The van der Waals surface area contributed by atoms with Gasteiger partial charge in [0.2, 0.25) is 0 Å². The van der Waals surface area contributed by atoms with Gasteiger partial charge in [-0.25, -0.2) is 4.79 Å². The number of methoxy groups -OCH3 is 1. The lowest BCUT2D eigenvalue weighted by Gasteiger charge is -2.24. The summed E-state index contributed by atoms with van der Waals surface area (Å²) < 4.78 is 10.5. The Bertz CT molecular complexity index is 434. The van der Waals surface area contributed by atoms with Crippen molar-refractivity contribution >= 4 is 6.09 Å². The van der Waals surface area contributed by atoms with E-state index in [-0.39, 0.29) is 12.1 Å². The second-order valence-electron chi connectivity index (χ2n) is 6.11. The fourth-order valence-electron chi connectivity index (χ4n) is 2.02. The van der Waals surface area contributed by atoms with Crippen LogP contribution in [0.4, 0.5) is 4.79 Å². The van der Waals surface area contributed by atoms with E-state index >= 15 is 0 Å². The number of nitrogens with one attached hydrogen (secondary N) is 1. The molecule has 1 aromatic carbocycles. The van der Waals surface area contributed by atoms with E-state index in [1.165, 1.54) is 0 Å². The first kappa shape index (κ1) is 17.3. The molecule has 0 aliphatic rings. The summed E-state index contributed by atoms with van der Waals surface area (Å²) in [6, 6.07) is 7.74. The summed E-state index contributed by atoms with van der Waals surface area (Å²) in [5.41, 5.74) is 0.578. The molecule has 0 spiro atoms. The molecule has 0 aromatic heterocycles. The van der Waals surface area contributed by atoms with Gasteiger partial charge in [0.15, 0.2) is 0 Å². The number of hydrogen-bond acceptors (Lipinski definition) is 3. The van der Waals surface area contributed by atoms with Gasteiger partial charge in [-0.1, -0.05) is 31.9 Å². The zero-order chi connectivity index (χ0) is 15.9. The molecule has 0 heterocycles. The lowest BCUT2D eigenvalue weighted by Crippen LogP contribution is -2.35. The third kappa shape index (κ3) is 6.52. The highest BCUT2D eigenvalue weighted by Crippen LogP contribution is 2.22. The Hall–Kier alpha value is -1.71. The van der Waals surface area contributed by atoms with E-state index in [1.54, 1.807) is 7.11 Å². The van der Waals surface area contributed by atoms with Crippen LogP contribution in [0.1, 0.15) is 58.6 Å². The van der Waals surface area contributed by atoms with Crippen LogP contribution in [0, 0.1) is 0 Å². The predicted octanol–water partition coefficient (Wildman–Crippen LogP) is 4.45. The number of carbonyl (C=O) groups is 1. The average Bonchev–Trinajstić information content (AvgIpc) is 2.41. The smallest absolute Gasteiger partial charge is 0.408 e. The number of ether oxygens (including phenoxy) is 2. The van der Waals surface area contributed by atoms with E-state index < -0.39 is 5.60 Å². The van der Waals surface area contributed by atoms with Gasteiger partial charge in [-0.3, -0.25) is 0 Å². The van der Waals surface area contributed by atoms with Crippen molar-refractivity contribution in [2.24, 2.45) is 0 Å². The maximum absolute atomic E-state index is 12.0. The Morgan fingerprint density at radius 2 is 1.86 bits per heavy atom. The summed E-state index contributed by atoms with van der Waals surface area (Å²) in [6.07, 6.45) is 2.65. The van der Waals surface area contributed by atoms with Gasteiger partial charge in [-0.05, 0) is 44.9 Å². The minimum absolute atomic E-state index is 0.0364. The van der Waals surface area contributed by atoms with Crippen LogP contribution in [0.5, 0.6) is 5.75 Å². The average molecular weight is 293 g/mol. The third-order valence-electron chi connectivity index (χ3n) is 3.06. The first-order valence-corrected chi connectivity index (χ1v) is 7.49. The van der Waals surface area contributed by atoms with Crippen LogP contribution in [0.15, 0.2) is 24.3 Å². The van der Waals surface area contributed by atoms with Crippen molar-refractivity contribution < 1.29 is 14.3 Å². The molecule has 1 rings (SSSR count). The van der Waals surface area contributed by atoms with Gasteiger partial charge >= 0.3 is 6.09 Å². The zero-order valence-corrected chi connectivity index (χ0v) is 13.7. The maximum Gasteiger partial charge on any atom is 0.408 e. The van der Waals surface area contributed by atoms with E-state index in [9.17, 15) is 4.79 Å². The van der Waals surface area contributed by atoms with E-state index in [1.807, 2.05) is 45.0 Å². The van der Waals surface area contributed by atoms with Crippen molar-refractivity contribution in [3.63, 3.8) is 0 Å². The topological polar surface area (TPSA) is 47.6 Å². The van der Waals surface area contributed by atoms with Crippen LogP contribution < -0.4 is 10.1 Å². The monoisotopic (exact) mass is 293 g/mol. The molecule has 0 aliphatic carbocycles. The number of unbranched alkanes of at least 4 members (excludes halogenated alkanes) is 1. The predicted molar refractivity (Wildman–Crippen MR) is 84.6 cm³/mol. The fourth-order valence-corrected chi connectivity index (χ4v) is 2.02. The first-order chi connectivity index (χ1) is 9.85. The molecule has 0 saturated heterocycles. The van der Waals surface area contributed by atoms with Crippen LogP contribution in [-0.2, 0) is 4.74 Å². The minimum Gasteiger partial charge on any atom is -0.497 e. The van der Waals surface area contributed by atoms with E-state index in [4.69, 9.17) is 9.47 Å². The molecule has 1 N–H and O–H groups in total. The lowest BCUT2D eigenvalue weighted by atomic mass is 10.0. The molecule has 118 valence electrons. The molecule has 1 atom stereocenters. The van der Waals surface area contributed by atoms with Crippen LogP contribution >= 0.6 is 0 Å². The highest BCUT2D eigenvalue weighted by molar-refractivity contribution is 5.68. The van der Waals surface area contributed by atoms with Gasteiger partial charge in [0.1, 0.15) is 11.4 Å². The van der Waals surface area contributed by atoms with Gasteiger partial charge in [-0.2, -0.15) is 0 Å². The molecule has 1 amide bonds. The molecule has 0 bridgehead atoms. The minimum atomic E-state index is -0.487. The molecular formula is C17H27NO3. The maximum atomic E-state index is 12.0. The standard InChI is InChI=1S/C17H27NO3/c1-6-7-8-15(18-16(19)21-17(2,3)4)13-9-11-14(20-5)12-10-13/h9-12,15H,6-8H2,1-5H3,(H,18,19)/t15-/m1/s1. The second-order valence-corrected chi connectivity index (χ2v) is 6.11. The van der Waals surface area contributed by atoms with Gasteiger partial charge < -0.3 is 14.8 Å². The van der Waals surface area contributed by atoms with Crippen LogP contribution in [0.3, 0.4) is 0 Å². The van der Waals surface area contributed by atoms with Crippen molar-refractivity contribution in [3.8, 4) is 5.75 Å². The highest BCUT2D eigenvalue weighted by Gasteiger charge is 2.20. The van der Waals surface area contributed by atoms with Gasteiger partial charge in [0.05, 0.1) is 13.2 Å². The van der Waals surface area contributed by atoms with Gasteiger partial charge in [0.25, 0.3) is 0 Å². The highest BCUT2D eigenvalue weighted by atomic mass is 16.6. The normalized spacial score (nSPS) is 12.6. The molecule has 0 aliphatic heterocycles. The van der Waals surface area contributed by atoms with Crippen molar-refractivity contribution in [3.05, 3.63) is 29.8 Å². The molecule has 1 aromatic rings. The molecule has 0 fully saturated rings. The zero-order valence-electron chi connectivity index (χ0n) is 13.7. The summed E-state index contributed by atoms with van der Waals surface area (Å²) in [4.78, 5) is 12.0. The third-order valence-corrected chi connectivity index (χ3v) is 3.06. The van der Waals surface area contributed by atoms with Crippen LogP contribution in [-0.4, -0.2) is 18.8 Å². The molecular weight excluding hydrogens is 266 g/mol. The van der Waals surface area contributed by atoms with Crippen molar-refractivity contribution in [2.45, 2.75) is 58.6 Å². The summed E-state index contributed by atoms with van der Waals surface area (Å²) >= 11 is 0. The largest absolute Gasteiger partial charge is 0.497 e. The summed E-state index contributed by atoms with van der Waals surface area (Å²) in [7, 11) is 1.64. The molecule has 21 heavy (non-hydrogen) atoms. The Morgan fingerprint density at radius 1 is 1.24 bits per heavy atom. The van der Waals surface area contributed by atoms with Gasteiger partial charge in [0, 0.05) is 0 Å². The SMILES string of the molecule is CCCC[C@@H](NC(=O)OC(C)(C)C)c1ccc(OC)cc1. The van der Waals surface area contributed by atoms with Gasteiger partial charge in [-0.15, -0.1) is 0 Å². The number of amides is 1. The summed E-state index contributed by atoms with van der Waals surface area (Å²) in [5.74, 6) is 0.810. The van der Waals surface area contributed by atoms with E-state index in [0.29, 0.717) is 0 Å². The number of benzene rings is 1. The van der Waals surface area contributed by atoms with Crippen LogP contribution in [0.25, 0.3) is 0 Å². The Morgan fingerprint density at radius 3 is 2.33 bits per heavy atom. The van der Waals surface area contributed by atoms with E-state index in [2.05, 4.69) is 12.2 Å². The Labute approximate surface area is 127 Å². The number of hydrogen-bond donors (Lipinski definition) is 1. The van der Waals surface area contributed by atoms with Crippen molar-refractivity contribution in [1.29, 1.82) is 0 Å². The molecule has 4 heteroatoms. The fraction of sp³-hybridized carbons (Fsp3) is 0.588. The summed E-state index contributed by atoms with van der Waals surface area (Å²) in [6.45, 7) is 7.72. The second kappa shape index (κ2) is 7.91. The first-order valence-electron chi connectivity index (χ1n) is 7.49. The van der Waals surface area contributed by atoms with Crippen molar-refractivity contribution in [1.82, 2.24) is 5.32 Å². The molecule has 0 radical (unpaired) electrons. The number of alkyl carbamates (subject to hydrolysis) is 1. The number of carbonyl (C=O) groups excluding carboxylic acids is 1. The summed E-state index contributed by atoms with van der Waals surface area (Å²) in [5, 5.41) is 2.96. The van der Waals surface area contributed by atoms with Crippen LogP contribution in [0.2, 0.25) is 0 Å². The Kier molecular flexibility index (Phi) is 6.53. The van der Waals surface area contributed by atoms with E-state index in [0.717, 1.165) is 30.6 Å². The molecule has 0 saturated carbocycles. The molecule has 0 unspecified atom stereocenters.